The van der Waals surface area contributed by atoms with Gasteiger partial charge in [0, 0.05) is 23.7 Å². The molecule has 0 bridgehead atoms. The Morgan fingerprint density at radius 2 is 2.12 bits per heavy atom. The van der Waals surface area contributed by atoms with Crippen LogP contribution in [0, 0.1) is 6.92 Å². The lowest BCUT2D eigenvalue weighted by molar-refractivity contribution is 0.0697. The molecule has 0 radical (unpaired) electrons. The molecule has 1 N–H and O–H groups in total. The van der Waals surface area contributed by atoms with Crippen LogP contribution in [0.4, 0.5) is 0 Å². The summed E-state index contributed by atoms with van der Waals surface area (Å²) < 4.78 is 0. The predicted molar refractivity (Wildman–Crippen MR) is 59.2 cm³/mol. The molecular weight excluding hydrogens is 204 g/mol. The van der Waals surface area contributed by atoms with E-state index < -0.39 is 5.97 Å². The molecule has 4 heteroatoms. The Hall–Kier alpha value is -2.23. The third-order valence-electron chi connectivity index (χ3n) is 2.21. The maximum Gasteiger partial charge on any atom is 0.337 e. The highest BCUT2D eigenvalue weighted by Crippen LogP contribution is 2.21. The Labute approximate surface area is 92.6 Å². The average Bonchev–Trinajstić information content (AvgIpc) is 2.29. The number of carboxylic acids is 1. The average molecular weight is 214 g/mol. The van der Waals surface area contributed by atoms with Gasteiger partial charge >= 0.3 is 5.97 Å². The third-order valence-corrected chi connectivity index (χ3v) is 2.21. The van der Waals surface area contributed by atoms with Gasteiger partial charge in [-0.25, -0.2) is 4.79 Å². The van der Waals surface area contributed by atoms with E-state index in [2.05, 4.69) is 9.97 Å². The number of carboxylic acid groups (broad SMARTS) is 1. The van der Waals surface area contributed by atoms with Crippen LogP contribution in [0.3, 0.4) is 0 Å². The van der Waals surface area contributed by atoms with Gasteiger partial charge in [0.15, 0.2) is 0 Å². The smallest absolute Gasteiger partial charge is 0.337 e. The first kappa shape index (κ1) is 10.3. The fraction of sp³-hybridized carbons (Fsp3) is 0.0833. The lowest BCUT2D eigenvalue weighted by atomic mass is 10.1. The van der Waals surface area contributed by atoms with Gasteiger partial charge in [-0.1, -0.05) is 6.07 Å². The van der Waals surface area contributed by atoms with Crippen molar-refractivity contribution in [2.24, 2.45) is 0 Å². The number of pyridine rings is 2. The standard InChI is InChI=1S/C12H10N2O2/c1-8-6-9(10(7-14-8)12(15)16)11-4-2-3-5-13-11/h2-7H,1H3,(H,15,16). The van der Waals surface area contributed by atoms with Gasteiger partial charge < -0.3 is 5.11 Å². The monoisotopic (exact) mass is 214 g/mol. The van der Waals surface area contributed by atoms with E-state index in [4.69, 9.17) is 5.11 Å². The minimum Gasteiger partial charge on any atom is -0.478 e. The maximum atomic E-state index is 11.0. The summed E-state index contributed by atoms with van der Waals surface area (Å²) in [6.07, 6.45) is 3.00. The highest BCUT2D eigenvalue weighted by Gasteiger charge is 2.12. The van der Waals surface area contributed by atoms with Crippen molar-refractivity contribution in [3.8, 4) is 11.3 Å². The summed E-state index contributed by atoms with van der Waals surface area (Å²) in [5.41, 5.74) is 2.18. The van der Waals surface area contributed by atoms with Crippen LogP contribution in [-0.4, -0.2) is 21.0 Å². The molecule has 0 aliphatic rings. The summed E-state index contributed by atoms with van der Waals surface area (Å²) in [4.78, 5) is 19.2. The lowest BCUT2D eigenvalue weighted by Crippen LogP contribution is -2.02. The van der Waals surface area contributed by atoms with Gasteiger partial charge in [0.25, 0.3) is 0 Å². The topological polar surface area (TPSA) is 63.1 Å². The fourth-order valence-electron chi connectivity index (χ4n) is 1.46. The Morgan fingerprint density at radius 1 is 1.31 bits per heavy atom. The fourth-order valence-corrected chi connectivity index (χ4v) is 1.46. The molecule has 0 spiro atoms. The zero-order valence-corrected chi connectivity index (χ0v) is 8.71. The van der Waals surface area contributed by atoms with Crippen molar-refractivity contribution in [1.29, 1.82) is 0 Å². The molecule has 16 heavy (non-hydrogen) atoms. The van der Waals surface area contributed by atoms with E-state index in [-0.39, 0.29) is 5.56 Å². The number of aromatic carboxylic acids is 1. The van der Waals surface area contributed by atoms with Gasteiger partial charge in [0.1, 0.15) is 0 Å². The van der Waals surface area contributed by atoms with Crippen LogP contribution < -0.4 is 0 Å². The highest BCUT2D eigenvalue weighted by atomic mass is 16.4. The van der Waals surface area contributed by atoms with Gasteiger partial charge in [0.2, 0.25) is 0 Å². The Morgan fingerprint density at radius 3 is 2.75 bits per heavy atom. The Balaban J connectivity index is 2.63. The molecule has 0 amide bonds. The van der Waals surface area contributed by atoms with Gasteiger partial charge in [-0.3, -0.25) is 9.97 Å². The van der Waals surface area contributed by atoms with E-state index in [0.29, 0.717) is 11.3 Å². The maximum absolute atomic E-state index is 11.0. The number of rotatable bonds is 2. The molecule has 4 nitrogen and oxygen atoms in total. The number of hydrogen-bond donors (Lipinski definition) is 1. The van der Waals surface area contributed by atoms with Crippen molar-refractivity contribution in [2.45, 2.75) is 6.92 Å². The Bertz CT molecular complexity index is 524. The summed E-state index contributed by atoms with van der Waals surface area (Å²) >= 11 is 0. The van der Waals surface area contributed by atoms with Crippen LogP contribution >= 0.6 is 0 Å². The first-order valence-electron chi connectivity index (χ1n) is 4.80. The molecule has 0 unspecified atom stereocenters. The van der Waals surface area contributed by atoms with Gasteiger partial charge in [-0.05, 0) is 25.1 Å². The Kier molecular flexibility index (Phi) is 2.64. The molecule has 0 fully saturated rings. The van der Waals surface area contributed by atoms with Crippen LogP contribution in [0.25, 0.3) is 11.3 Å². The highest BCUT2D eigenvalue weighted by molar-refractivity contribution is 5.95. The van der Waals surface area contributed by atoms with Gasteiger partial charge in [0.05, 0.1) is 11.3 Å². The predicted octanol–water partition coefficient (Wildman–Crippen LogP) is 2.15. The molecule has 0 atom stereocenters. The number of aryl methyl sites for hydroxylation is 1. The van der Waals surface area contributed by atoms with Crippen LogP contribution in [0.15, 0.2) is 36.7 Å². The molecule has 2 aromatic rings. The van der Waals surface area contributed by atoms with Crippen molar-refractivity contribution < 1.29 is 9.90 Å². The van der Waals surface area contributed by atoms with Gasteiger partial charge in [-0.2, -0.15) is 0 Å². The van der Waals surface area contributed by atoms with Crippen LogP contribution in [0.1, 0.15) is 16.1 Å². The van der Waals surface area contributed by atoms with Crippen molar-refractivity contribution in [1.82, 2.24) is 9.97 Å². The molecule has 0 aromatic carbocycles. The van der Waals surface area contributed by atoms with E-state index in [0.717, 1.165) is 5.69 Å². The van der Waals surface area contributed by atoms with E-state index in [9.17, 15) is 4.79 Å². The molecule has 0 aliphatic heterocycles. The normalized spacial score (nSPS) is 10.1. The second kappa shape index (κ2) is 4.10. The lowest BCUT2D eigenvalue weighted by Gasteiger charge is -2.05. The molecule has 0 aliphatic carbocycles. The second-order valence-electron chi connectivity index (χ2n) is 3.39. The minimum absolute atomic E-state index is 0.171. The van der Waals surface area contributed by atoms with Crippen molar-refractivity contribution in [3.05, 3.63) is 47.9 Å². The summed E-state index contributed by atoms with van der Waals surface area (Å²) in [5, 5.41) is 9.05. The third kappa shape index (κ3) is 1.91. The second-order valence-corrected chi connectivity index (χ2v) is 3.39. The van der Waals surface area contributed by atoms with E-state index >= 15 is 0 Å². The minimum atomic E-state index is -0.992. The largest absolute Gasteiger partial charge is 0.478 e. The number of carbonyl (C=O) groups is 1. The van der Waals surface area contributed by atoms with Crippen LogP contribution in [0.2, 0.25) is 0 Å². The summed E-state index contributed by atoms with van der Waals surface area (Å²) in [5.74, 6) is -0.992. The van der Waals surface area contributed by atoms with Crippen molar-refractivity contribution >= 4 is 5.97 Å². The first-order valence-corrected chi connectivity index (χ1v) is 4.80. The molecule has 0 saturated carbocycles. The molecule has 2 aromatic heterocycles. The number of aromatic nitrogens is 2. The number of nitrogens with zero attached hydrogens (tertiary/aromatic N) is 2. The van der Waals surface area contributed by atoms with Crippen molar-refractivity contribution in [3.63, 3.8) is 0 Å². The molecule has 2 rings (SSSR count). The first-order chi connectivity index (χ1) is 7.68. The molecular formula is C12H10N2O2. The summed E-state index contributed by atoms with van der Waals surface area (Å²) in [7, 11) is 0. The summed E-state index contributed by atoms with van der Waals surface area (Å²) in [6.45, 7) is 1.82. The number of hydrogen-bond acceptors (Lipinski definition) is 3. The van der Waals surface area contributed by atoms with Crippen LogP contribution in [0.5, 0.6) is 0 Å². The quantitative estimate of drug-likeness (QED) is 0.831. The zero-order valence-electron chi connectivity index (χ0n) is 8.71. The van der Waals surface area contributed by atoms with Crippen molar-refractivity contribution in [2.75, 3.05) is 0 Å². The van der Waals surface area contributed by atoms with Gasteiger partial charge in [-0.15, -0.1) is 0 Å². The summed E-state index contributed by atoms with van der Waals surface area (Å²) in [6, 6.07) is 7.12. The molecule has 80 valence electrons. The van der Waals surface area contributed by atoms with E-state index in [1.165, 1.54) is 6.20 Å². The SMILES string of the molecule is Cc1cc(-c2ccccn2)c(C(=O)O)cn1. The van der Waals surface area contributed by atoms with Crippen LogP contribution in [-0.2, 0) is 0 Å². The molecule has 0 saturated heterocycles. The van der Waals surface area contributed by atoms with E-state index in [1.807, 2.05) is 13.0 Å². The molecule has 2 heterocycles. The van der Waals surface area contributed by atoms with E-state index in [1.54, 1.807) is 24.4 Å². The zero-order chi connectivity index (χ0) is 11.5.